The summed E-state index contributed by atoms with van der Waals surface area (Å²) in [7, 11) is 0. The minimum atomic E-state index is -0.158. The number of hydrogen-bond acceptors (Lipinski definition) is 6. The molecular weight excluding hydrogens is 454 g/mol. The lowest BCUT2D eigenvalue weighted by atomic mass is 9.89. The molecule has 200 valence electrons. The third-order valence-corrected chi connectivity index (χ3v) is 6.11. The number of carbonyl (C=O) groups is 2. The van der Waals surface area contributed by atoms with Gasteiger partial charge in [0.05, 0.1) is 18.9 Å². The topological polar surface area (TPSA) is 71.1 Å². The van der Waals surface area contributed by atoms with E-state index >= 15 is 0 Å². The fraction of sp³-hybridized carbons (Fsp3) is 0.655. The zero-order valence-corrected chi connectivity index (χ0v) is 22.7. The number of morpholine rings is 1. The summed E-state index contributed by atoms with van der Waals surface area (Å²) in [5.41, 5.74) is 5.34. The summed E-state index contributed by atoms with van der Waals surface area (Å²) in [6.45, 7) is 12.8. The van der Waals surface area contributed by atoms with Crippen LogP contribution in [0.3, 0.4) is 0 Å². The van der Waals surface area contributed by atoms with Crippen molar-refractivity contribution in [2.24, 2.45) is 5.41 Å². The van der Waals surface area contributed by atoms with Crippen molar-refractivity contribution in [3.8, 4) is 12.0 Å². The van der Waals surface area contributed by atoms with Crippen molar-refractivity contribution >= 4 is 17.6 Å². The predicted molar refractivity (Wildman–Crippen MR) is 144 cm³/mol. The van der Waals surface area contributed by atoms with Gasteiger partial charge in [-0.15, -0.1) is 0 Å². The molecule has 0 aliphatic carbocycles. The van der Waals surface area contributed by atoms with Gasteiger partial charge in [0.25, 0.3) is 0 Å². The number of hydrazine groups is 1. The SMILES string of the molecule is CC(=O)N(NC#CCCCCC(=O)OCCN1CCOCC1)c1ccc(CCCCC(C)(C)C)cc1. The number of aryl methyl sites for hydroxylation is 1. The van der Waals surface area contributed by atoms with Gasteiger partial charge in [-0.3, -0.25) is 14.5 Å². The lowest BCUT2D eigenvalue weighted by molar-refractivity contribution is -0.144. The summed E-state index contributed by atoms with van der Waals surface area (Å²) < 4.78 is 10.6. The van der Waals surface area contributed by atoms with Gasteiger partial charge in [0.15, 0.2) is 0 Å². The molecule has 0 saturated carbocycles. The molecule has 0 aromatic heterocycles. The number of amides is 1. The van der Waals surface area contributed by atoms with Gasteiger partial charge in [0.2, 0.25) is 5.91 Å². The molecule has 36 heavy (non-hydrogen) atoms. The highest BCUT2D eigenvalue weighted by molar-refractivity contribution is 5.90. The Morgan fingerprint density at radius 2 is 1.81 bits per heavy atom. The first-order valence-electron chi connectivity index (χ1n) is 13.3. The van der Waals surface area contributed by atoms with Gasteiger partial charge >= 0.3 is 5.97 Å². The first-order chi connectivity index (χ1) is 17.2. The number of hydrogen-bond donors (Lipinski definition) is 1. The number of anilines is 1. The fourth-order valence-corrected chi connectivity index (χ4v) is 3.95. The first-order valence-corrected chi connectivity index (χ1v) is 13.3. The molecule has 1 aliphatic heterocycles. The van der Waals surface area contributed by atoms with E-state index in [1.54, 1.807) is 0 Å². The van der Waals surface area contributed by atoms with Gasteiger partial charge < -0.3 is 9.47 Å². The van der Waals surface area contributed by atoms with Crippen LogP contribution < -0.4 is 10.4 Å². The number of unbranched alkanes of at least 4 members (excludes halogenated alkanes) is 3. The molecule has 7 nitrogen and oxygen atoms in total. The van der Waals surface area contributed by atoms with Crippen LogP contribution in [0.1, 0.15) is 78.2 Å². The second-order valence-corrected chi connectivity index (χ2v) is 10.6. The van der Waals surface area contributed by atoms with E-state index in [2.05, 4.69) is 55.2 Å². The summed E-state index contributed by atoms with van der Waals surface area (Å²) in [6.07, 6.45) is 7.25. The summed E-state index contributed by atoms with van der Waals surface area (Å²) in [6, 6.07) is 10.9. The molecule has 7 heteroatoms. The van der Waals surface area contributed by atoms with Gasteiger partial charge in [-0.2, -0.15) is 0 Å². The van der Waals surface area contributed by atoms with E-state index < -0.39 is 0 Å². The zero-order valence-electron chi connectivity index (χ0n) is 22.7. The molecule has 1 amide bonds. The lowest BCUT2D eigenvalue weighted by Gasteiger charge is -2.26. The Labute approximate surface area is 217 Å². The Morgan fingerprint density at radius 3 is 2.47 bits per heavy atom. The molecule has 2 rings (SSSR count). The maximum atomic E-state index is 12.1. The lowest BCUT2D eigenvalue weighted by Crippen LogP contribution is -2.38. The third-order valence-electron chi connectivity index (χ3n) is 6.11. The van der Waals surface area contributed by atoms with E-state index in [1.165, 1.54) is 36.8 Å². The van der Waals surface area contributed by atoms with Crippen LogP contribution in [0, 0.1) is 17.4 Å². The van der Waals surface area contributed by atoms with E-state index in [1.807, 2.05) is 12.1 Å². The van der Waals surface area contributed by atoms with Crippen LogP contribution in [-0.4, -0.2) is 56.2 Å². The van der Waals surface area contributed by atoms with Crippen molar-refractivity contribution in [3.63, 3.8) is 0 Å². The summed E-state index contributed by atoms with van der Waals surface area (Å²) in [4.78, 5) is 26.2. The van der Waals surface area contributed by atoms with Crippen molar-refractivity contribution in [2.45, 2.75) is 79.1 Å². The normalized spacial score (nSPS) is 14.0. The average Bonchev–Trinajstić information content (AvgIpc) is 2.84. The number of benzene rings is 1. The standard InChI is InChI=1S/C29H45N3O4/c1-25(33)32(27-15-13-26(14-16-27)11-8-9-17-29(2,3)4)30-18-10-6-5-7-12-28(34)36-24-21-31-19-22-35-23-20-31/h13-16,30H,5-9,11-12,17,19-24H2,1-4H3. The van der Waals surface area contributed by atoms with Crippen LogP contribution in [-0.2, 0) is 25.5 Å². The monoisotopic (exact) mass is 499 g/mol. The Hall–Kier alpha value is -2.56. The molecule has 0 radical (unpaired) electrons. The van der Waals surface area contributed by atoms with Gasteiger partial charge in [-0.1, -0.05) is 45.2 Å². The van der Waals surface area contributed by atoms with Crippen LogP contribution in [0.15, 0.2) is 24.3 Å². The Morgan fingerprint density at radius 1 is 1.08 bits per heavy atom. The maximum Gasteiger partial charge on any atom is 0.305 e. The van der Waals surface area contributed by atoms with E-state index in [4.69, 9.17) is 9.47 Å². The van der Waals surface area contributed by atoms with Crippen LogP contribution in [0.2, 0.25) is 0 Å². The summed E-state index contributed by atoms with van der Waals surface area (Å²) >= 11 is 0. The van der Waals surface area contributed by atoms with Gasteiger partial charge in [-0.25, -0.2) is 10.4 Å². The number of rotatable bonds is 13. The van der Waals surface area contributed by atoms with Crippen molar-refractivity contribution in [3.05, 3.63) is 29.8 Å². The first kappa shape index (κ1) is 29.7. The smallest absolute Gasteiger partial charge is 0.305 e. The number of ether oxygens (including phenoxy) is 2. The second-order valence-electron chi connectivity index (χ2n) is 10.6. The summed E-state index contributed by atoms with van der Waals surface area (Å²) in [5, 5.41) is 1.46. The molecule has 1 aromatic rings. The van der Waals surface area contributed by atoms with Crippen molar-refractivity contribution in [2.75, 3.05) is 44.5 Å². The average molecular weight is 500 g/mol. The summed E-state index contributed by atoms with van der Waals surface area (Å²) in [5.74, 6) is 2.75. The van der Waals surface area contributed by atoms with E-state index in [0.717, 1.165) is 57.8 Å². The molecule has 0 spiro atoms. The van der Waals surface area contributed by atoms with Crippen molar-refractivity contribution in [1.29, 1.82) is 0 Å². The van der Waals surface area contributed by atoms with Crippen LogP contribution >= 0.6 is 0 Å². The van der Waals surface area contributed by atoms with Crippen molar-refractivity contribution in [1.82, 2.24) is 10.3 Å². The third kappa shape index (κ3) is 12.9. The number of nitrogens with zero attached hydrogens (tertiary/aromatic N) is 2. The molecule has 0 unspecified atom stereocenters. The molecule has 1 aliphatic rings. The second kappa shape index (κ2) is 16.2. The number of carbonyl (C=O) groups excluding carboxylic acids is 2. The van der Waals surface area contributed by atoms with Crippen molar-refractivity contribution < 1.29 is 19.1 Å². The Kier molecular flexibility index (Phi) is 13.4. The van der Waals surface area contributed by atoms with Gasteiger partial charge in [0, 0.05) is 45.4 Å². The Balaban J connectivity index is 1.62. The fourth-order valence-electron chi connectivity index (χ4n) is 3.95. The molecule has 0 atom stereocenters. The molecule has 1 N–H and O–H groups in total. The molecule has 1 heterocycles. The molecular formula is C29H45N3O4. The van der Waals surface area contributed by atoms with E-state index in [9.17, 15) is 9.59 Å². The largest absolute Gasteiger partial charge is 0.464 e. The van der Waals surface area contributed by atoms with Gasteiger partial charge in [0.1, 0.15) is 6.61 Å². The highest BCUT2D eigenvalue weighted by atomic mass is 16.5. The predicted octanol–water partition coefficient (Wildman–Crippen LogP) is 4.70. The number of esters is 1. The van der Waals surface area contributed by atoms with Crippen LogP contribution in [0.5, 0.6) is 0 Å². The molecule has 1 saturated heterocycles. The Bertz CT molecular complexity index is 846. The van der Waals surface area contributed by atoms with Gasteiger partial charge in [-0.05, 0) is 55.2 Å². The van der Waals surface area contributed by atoms with Crippen LogP contribution in [0.25, 0.3) is 0 Å². The molecule has 1 aromatic carbocycles. The molecule has 0 bridgehead atoms. The highest BCUT2D eigenvalue weighted by Gasteiger charge is 2.12. The van der Waals surface area contributed by atoms with E-state index in [0.29, 0.717) is 24.9 Å². The number of nitrogens with one attached hydrogen (secondary N) is 1. The van der Waals surface area contributed by atoms with E-state index in [-0.39, 0.29) is 11.9 Å². The zero-order chi connectivity index (χ0) is 26.2. The minimum absolute atomic E-state index is 0.123. The molecule has 1 fully saturated rings. The highest BCUT2D eigenvalue weighted by Crippen LogP contribution is 2.22. The maximum absolute atomic E-state index is 12.1. The minimum Gasteiger partial charge on any atom is -0.464 e. The quantitative estimate of drug-likeness (QED) is 0.139. The van der Waals surface area contributed by atoms with Crippen LogP contribution in [0.4, 0.5) is 5.69 Å².